The van der Waals surface area contributed by atoms with Crippen molar-refractivity contribution in [2.75, 3.05) is 13.1 Å². The van der Waals surface area contributed by atoms with Crippen LogP contribution in [0.2, 0.25) is 0 Å². The van der Waals surface area contributed by atoms with Crippen LogP contribution >= 0.6 is 0 Å². The zero-order chi connectivity index (χ0) is 19.8. The maximum Gasteiger partial charge on any atom is 0.252 e. The van der Waals surface area contributed by atoms with E-state index in [2.05, 4.69) is 14.8 Å². The Balaban J connectivity index is 1.37. The predicted octanol–water partition coefficient (Wildman–Crippen LogP) is 3.55. The third-order valence-corrected chi connectivity index (χ3v) is 8.17. The summed E-state index contributed by atoms with van der Waals surface area (Å²) in [6.07, 6.45) is 14.0. The Morgan fingerprint density at radius 3 is 2.66 bits per heavy atom. The Morgan fingerprint density at radius 2 is 1.83 bits per heavy atom. The van der Waals surface area contributed by atoms with Crippen LogP contribution in [-0.2, 0) is 11.3 Å². The Morgan fingerprint density at radius 1 is 1.00 bits per heavy atom. The van der Waals surface area contributed by atoms with Gasteiger partial charge in [0.1, 0.15) is 0 Å². The molecule has 4 atom stereocenters. The van der Waals surface area contributed by atoms with Crippen molar-refractivity contribution < 1.29 is 4.79 Å². The molecule has 5 nitrogen and oxygen atoms in total. The number of aromatic amines is 1. The van der Waals surface area contributed by atoms with Crippen molar-refractivity contribution in [3.8, 4) is 0 Å². The molecule has 1 amide bonds. The maximum absolute atomic E-state index is 13.0. The van der Waals surface area contributed by atoms with Gasteiger partial charge in [-0.05, 0) is 49.5 Å². The summed E-state index contributed by atoms with van der Waals surface area (Å²) < 4.78 is 0. The van der Waals surface area contributed by atoms with E-state index in [0.717, 1.165) is 44.0 Å². The minimum atomic E-state index is 0.0384. The van der Waals surface area contributed by atoms with Crippen LogP contribution in [0.5, 0.6) is 0 Å². The summed E-state index contributed by atoms with van der Waals surface area (Å²) in [7, 11) is 0. The van der Waals surface area contributed by atoms with Gasteiger partial charge < -0.3 is 9.88 Å². The first-order valence-corrected chi connectivity index (χ1v) is 11.9. The first-order valence-electron chi connectivity index (χ1n) is 11.9. The molecule has 1 saturated carbocycles. The molecule has 29 heavy (non-hydrogen) atoms. The molecular formula is C24H35N3O2. The summed E-state index contributed by atoms with van der Waals surface area (Å²) in [5, 5.41) is 0. The molecule has 1 aromatic heterocycles. The van der Waals surface area contributed by atoms with Crippen LogP contribution in [0, 0.1) is 17.8 Å². The number of amides is 1. The minimum Gasteiger partial charge on any atom is -0.336 e. The fourth-order valence-corrected chi connectivity index (χ4v) is 6.89. The molecule has 4 heterocycles. The van der Waals surface area contributed by atoms with E-state index in [9.17, 15) is 9.59 Å². The number of hydrogen-bond donors (Lipinski definition) is 1. The largest absolute Gasteiger partial charge is 0.336 e. The molecule has 2 bridgehead atoms. The third kappa shape index (κ3) is 3.90. The summed E-state index contributed by atoms with van der Waals surface area (Å²) in [5.41, 5.74) is 0.907. The Labute approximate surface area is 173 Å². The minimum absolute atomic E-state index is 0.0384. The normalized spacial score (nSPS) is 33.5. The third-order valence-electron chi connectivity index (χ3n) is 8.17. The smallest absolute Gasteiger partial charge is 0.252 e. The molecule has 158 valence electrons. The van der Waals surface area contributed by atoms with Crippen molar-refractivity contribution in [3.63, 3.8) is 0 Å². The first-order chi connectivity index (χ1) is 14.2. The molecule has 1 aliphatic carbocycles. The number of nitrogens with zero attached hydrogens (tertiary/aromatic N) is 2. The molecule has 0 aromatic carbocycles. The second-order valence-electron chi connectivity index (χ2n) is 10.0. The van der Waals surface area contributed by atoms with Gasteiger partial charge in [-0.3, -0.25) is 14.5 Å². The summed E-state index contributed by atoms with van der Waals surface area (Å²) in [5.74, 6) is 2.36. The topological polar surface area (TPSA) is 56.4 Å². The summed E-state index contributed by atoms with van der Waals surface area (Å²) in [6, 6.07) is 4.73. The Hall–Kier alpha value is -1.62. The predicted molar refractivity (Wildman–Crippen MR) is 113 cm³/mol. The van der Waals surface area contributed by atoms with Crippen molar-refractivity contribution in [1.29, 1.82) is 0 Å². The molecule has 0 spiro atoms. The summed E-state index contributed by atoms with van der Waals surface area (Å²) >= 11 is 0. The van der Waals surface area contributed by atoms with Crippen LogP contribution in [0.15, 0.2) is 23.1 Å². The highest BCUT2D eigenvalue weighted by molar-refractivity contribution is 5.78. The van der Waals surface area contributed by atoms with E-state index in [0.29, 0.717) is 29.8 Å². The van der Waals surface area contributed by atoms with Gasteiger partial charge >= 0.3 is 0 Å². The lowest BCUT2D eigenvalue weighted by Gasteiger charge is -2.57. The number of fused-ring (bicyclic) bond motifs is 4. The number of carbonyl (C=O) groups excluding carboxylic acids is 1. The van der Waals surface area contributed by atoms with Gasteiger partial charge in [-0.25, -0.2) is 0 Å². The fourth-order valence-electron chi connectivity index (χ4n) is 6.89. The highest BCUT2D eigenvalue weighted by atomic mass is 16.2. The van der Waals surface area contributed by atoms with Crippen LogP contribution in [0.4, 0.5) is 0 Å². The van der Waals surface area contributed by atoms with Gasteiger partial charge in [0.25, 0.3) is 5.56 Å². The van der Waals surface area contributed by atoms with Gasteiger partial charge in [-0.15, -0.1) is 0 Å². The standard InChI is InChI=1S/C24H35N3O2/c28-23-10-4-9-21-19-13-20(22(27(21)23)12-17-6-2-1-3-7-17)16-26(15-19)14-18-8-5-11-25-24(18)29/h5,8,11,17,19-22H,1-4,6-7,9-10,12-16H2,(H,25,29)/t19-,20+,21+,22+/m1/s1. The van der Waals surface area contributed by atoms with Crippen molar-refractivity contribution in [1.82, 2.24) is 14.8 Å². The van der Waals surface area contributed by atoms with Gasteiger partial charge in [0, 0.05) is 49.9 Å². The van der Waals surface area contributed by atoms with Crippen LogP contribution in [0.25, 0.3) is 0 Å². The van der Waals surface area contributed by atoms with Crippen molar-refractivity contribution in [2.24, 2.45) is 17.8 Å². The van der Waals surface area contributed by atoms with Gasteiger partial charge in [-0.2, -0.15) is 0 Å². The number of H-pyrrole nitrogens is 1. The molecule has 3 aliphatic heterocycles. The number of aromatic nitrogens is 1. The molecule has 1 aromatic rings. The average Bonchev–Trinajstić information content (AvgIpc) is 2.74. The SMILES string of the molecule is O=C1CCC[C@H]2[C@@H]3C[C@@H](CN(Cc4ccc[nH]c4=O)C3)[C@H](CC3CCCCC3)N12. The first kappa shape index (κ1) is 19.3. The van der Waals surface area contributed by atoms with Gasteiger partial charge in [0.15, 0.2) is 0 Å². The van der Waals surface area contributed by atoms with E-state index in [4.69, 9.17) is 0 Å². The van der Waals surface area contributed by atoms with Crippen LogP contribution in [-0.4, -0.2) is 45.9 Å². The Bertz CT molecular complexity index is 784. The van der Waals surface area contributed by atoms with Gasteiger partial charge in [0.05, 0.1) is 0 Å². The Kier molecular flexibility index (Phi) is 5.51. The number of pyridine rings is 1. The van der Waals surface area contributed by atoms with E-state index in [1.54, 1.807) is 6.20 Å². The number of hydrogen-bond acceptors (Lipinski definition) is 3. The van der Waals surface area contributed by atoms with Crippen molar-refractivity contribution >= 4 is 5.91 Å². The molecular weight excluding hydrogens is 362 g/mol. The number of rotatable bonds is 4. The lowest BCUT2D eigenvalue weighted by atomic mass is 9.69. The monoisotopic (exact) mass is 397 g/mol. The zero-order valence-corrected chi connectivity index (χ0v) is 17.5. The molecule has 3 saturated heterocycles. The molecule has 4 fully saturated rings. The molecule has 0 radical (unpaired) electrons. The van der Waals surface area contributed by atoms with E-state index in [1.165, 1.54) is 51.4 Å². The highest BCUT2D eigenvalue weighted by Crippen LogP contribution is 2.44. The summed E-state index contributed by atoms with van der Waals surface area (Å²) in [6.45, 7) is 2.79. The maximum atomic E-state index is 13.0. The van der Waals surface area contributed by atoms with Crippen LogP contribution in [0.3, 0.4) is 0 Å². The number of likely N-dealkylation sites (tertiary alicyclic amines) is 1. The number of carbonyl (C=O) groups is 1. The molecule has 4 aliphatic rings. The van der Waals surface area contributed by atoms with Crippen molar-refractivity contribution in [3.05, 3.63) is 34.2 Å². The van der Waals surface area contributed by atoms with E-state index in [1.807, 2.05) is 12.1 Å². The van der Waals surface area contributed by atoms with E-state index < -0.39 is 0 Å². The van der Waals surface area contributed by atoms with E-state index >= 15 is 0 Å². The fraction of sp³-hybridized carbons (Fsp3) is 0.750. The zero-order valence-electron chi connectivity index (χ0n) is 17.5. The van der Waals surface area contributed by atoms with Crippen LogP contribution < -0.4 is 5.56 Å². The molecule has 0 unspecified atom stereocenters. The second-order valence-corrected chi connectivity index (χ2v) is 10.0. The summed E-state index contributed by atoms with van der Waals surface area (Å²) in [4.78, 5) is 32.9. The van der Waals surface area contributed by atoms with Gasteiger partial charge in [0.2, 0.25) is 5.91 Å². The lowest BCUT2D eigenvalue weighted by molar-refractivity contribution is -0.154. The number of piperidine rings is 3. The van der Waals surface area contributed by atoms with Crippen molar-refractivity contribution in [2.45, 2.75) is 82.8 Å². The van der Waals surface area contributed by atoms with Crippen LogP contribution in [0.1, 0.15) is 69.8 Å². The van der Waals surface area contributed by atoms with E-state index in [-0.39, 0.29) is 5.56 Å². The number of nitrogens with one attached hydrogen (secondary N) is 1. The van der Waals surface area contributed by atoms with Gasteiger partial charge in [-0.1, -0.05) is 38.2 Å². The lowest BCUT2D eigenvalue weighted by Crippen LogP contribution is -2.65. The molecule has 5 heteroatoms. The second kappa shape index (κ2) is 8.25. The molecule has 1 N–H and O–H groups in total. The average molecular weight is 398 g/mol. The molecule has 5 rings (SSSR count). The quantitative estimate of drug-likeness (QED) is 0.845. The highest BCUT2D eigenvalue weighted by Gasteiger charge is 2.49.